The second kappa shape index (κ2) is 8.80. The van der Waals surface area contributed by atoms with E-state index < -0.39 is 11.5 Å². The van der Waals surface area contributed by atoms with E-state index in [-0.39, 0.29) is 18.2 Å². The average molecular weight is 402 g/mol. The molecule has 2 N–H and O–H groups in total. The summed E-state index contributed by atoms with van der Waals surface area (Å²) in [4.78, 5) is 44.0. The van der Waals surface area contributed by atoms with Gasteiger partial charge in [-0.25, -0.2) is 0 Å². The Morgan fingerprint density at radius 3 is 2.28 bits per heavy atom. The van der Waals surface area contributed by atoms with Crippen LogP contribution in [-0.4, -0.2) is 64.5 Å². The highest BCUT2D eigenvalue weighted by atomic mass is 16.4. The quantitative estimate of drug-likeness (QED) is 0.719. The summed E-state index contributed by atoms with van der Waals surface area (Å²) in [6.45, 7) is 6.84. The number of carboxylic acids is 1. The number of nitrogens with zero attached hydrogens (tertiary/aromatic N) is 3. The Morgan fingerprint density at radius 2 is 1.72 bits per heavy atom. The van der Waals surface area contributed by atoms with Gasteiger partial charge in [-0.05, 0) is 45.2 Å². The number of hydrogen-bond donors (Lipinski definition) is 2. The van der Waals surface area contributed by atoms with Crippen molar-refractivity contribution in [2.45, 2.75) is 57.9 Å². The third kappa shape index (κ3) is 5.46. The molecule has 3 rings (SSSR count). The monoisotopic (exact) mass is 402 g/mol. The van der Waals surface area contributed by atoms with Gasteiger partial charge in [0.05, 0.1) is 0 Å². The Labute approximate surface area is 171 Å². The second-order valence-corrected chi connectivity index (χ2v) is 8.20. The first kappa shape index (κ1) is 21.1. The Bertz CT molecular complexity index is 769. The van der Waals surface area contributed by atoms with Crippen LogP contribution in [0.15, 0.2) is 12.1 Å². The fourth-order valence-corrected chi connectivity index (χ4v) is 4.33. The summed E-state index contributed by atoms with van der Waals surface area (Å²) in [5, 5.41) is 11.9. The van der Waals surface area contributed by atoms with Crippen molar-refractivity contribution >= 4 is 23.5 Å². The molecule has 29 heavy (non-hydrogen) atoms. The molecule has 1 aromatic heterocycles. The number of anilines is 1. The summed E-state index contributed by atoms with van der Waals surface area (Å²) in [6, 6.07) is 4.14. The number of pyridine rings is 1. The molecule has 8 nitrogen and oxygen atoms in total. The summed E-state index contributed by atoms with van der Waals surface area (Å²) in [6.07, 6.45) is 2.19. The maximum absolute atomic E-state index is 12.7. The molecule has 2 aliphatic heterocycles. The largest absolute Gasteiger partial charge is 0.481 e. The lowest BCUT2D eigenvalue weighted by Gasteiger charge is -2.37. The molecule has 0 radical (unpaired) electrons. The van der Waals surface area contributed by atoms with Crippen LogP contribution in [0, 0.1) is 13.8 Å². The van der Waals surface area contributed by atoms with Gasteiger partial charge in [-0.15, -0.1) is 0 Å². The number of rotatable bonds is 7. The van der Waals surface area contributed by atoms with Crippen LogP contribution < -0.4 is 10.2 Å². The average Bonchev–Trinajstić information content (AvgIpc) is 3.05. The van der Waals surface area contributed by atoms with Gasteiger partial charge in [-0.1, -0.05) is 0 Å². The van der Waals surface area contributed by atoms with Crippen LogP contribution in [0.1, 0.15) is 49.9 Å². The van der Waals surface area contributed by atoms with Crippen molar-refractivity contribution in [2.24, 2.45) is 0 Å². The highest BCUT2D eigenvalue weighted by molar-refractivity contribution is 5.80. The van der Waals surface area contributed by atoms with Crippen molar-refractivity contribution in [3.05, 3.63) is 23.5 Å². The molecule has 2 saturated heterocycles. The zero-order valence-electron chi connectivity index (χ0n) is 17.2. The van der Waals surface area contributed by atoms with Gasteiger partial charge in [0.15, 0.2) is 0 Å². The van der Waals surface area contributed by atoms with Crippen molar-refractivity contribution in [3.63, 3.8) is 0 Å². The first-order chi connectivity index (χ1) is 13.8. The molecule has 0 saturated carbocycles. The van der Waals surface area contributed by atoms with E-state index >= 15 is 0 Å². The SMILES string of the molecule is Cc1cc(N2CCN(C(=O)CC[C@@]3(CCC(=O)O)CCC(=O)N3)CC2)cc(C)n1. The maximum Gasteiger partial charge on any atom is 0.303 e. The van der Waals surface area contributed by atoms with Crippen molar-refractivity contribution in [1.29, 1.82) is 0 Å². The van der Waals surface area contributed by atoms with E-state index in [2.05, 4.69) is 27.3 Å². The fraction of sp³-hybridized carbons (Fsp3) is 0.619. The highest BCUT2D eigenvalue weighted by Crippen LogP contribution is 2.30. The predicted octanol–water partition coefficient (Wildman–Crippen LogP) is 1.64. The molecule has 3 heterocycles. The van der Waals surface area contributed by atoms with Gasteiger partial charge in [0, 0.05) is 68.1 Å². The topological polar surface area (TPSA) is 103 Å². The molecule has 2 amide bonds. The number of aromatic nitrogens is 1. The van der Waals surface area contributed by atoms with Crippen LogP contribution in [-0.2, 0) is 14.4 Å². The molecule has 0 aromatic carbocycles. The molecule has 8 heteroatoms. The Balaban J connectivity index is 1.52. The van der Waals surface area contributed by atoms with Gasteiger partial charge in [0.1, 0.15) is 0 Å². The Kier molecular flexibility index (Phi) is 6.39. The smallest absolute Gasteiger partial charge is 0.303 e. The van der Waals surface area contributed by atoms with Gasteiger partial charge in [0.2, 0.25) is 11.8 Å². The third-order valence-electron chi connectivity index (χ3n) is 5.93. The van der Waals surface area contributed by atoms with Crippen LogP contribution in [0.2, 0.25) is 0 Å². The molecule has 1 aromatic rings. The molecular weight excluding hydrogens is 372 g/mol. The number of aliphatic carboxylic acids is 1. The van der Waals surface area contributed by atoms with Gasteiger partial charge >= 0.3 is 5.97 Å². The lowest BCUT2D eigenvalue weighted by atomic mass is 9.86. The van der Waals surface area contributed by atoms with Gasteiger partial charge in [0.25, 0.3) is 0 Å². The number of carbonyl (C=O) groups excluding carboxylic acids is 2. The van der Waals surface area contributed by atoms with E-state index in [0.29, 0.717) is 45.2 Å². The number of hydrogen-bond acceptors (Lipinski definition) is 5. The Morgan fingerprint density at radius 1 is 1.10 bits per heavy atom. The molecule has 1 atom stereocenters. The molecule has 158 valence electrons. The Hall–Kier alpha value is -2.64. The van der Waals surface area contributed by atoms with Crippen LogP contribution in [0.5, 0.6) is 0 Å². The van der Waals surface area contributed by atoms with Crippen molar-refractivity contribution < 1.29 is 19.5 Å². The molecule has 0 aliphatic carbocycles. The molecular formula is C21H30N4O4. The zero-order valence-corrected chi connectivity index (χ0v) is 17.2. The van der Waals surface area contributed by atoms with Gasteiger partial charge < -0.3 is 20.2 Å². The van der Waals surface area contributed by atoms with Crippen LogP contribution in [0.25, 0.3) is 0 Å². The summed E-state index contributed by atoms with van der Waals surface area (Å²) < 4.78 is 0. The number of piperazine rings is 1. The first-order valence-corrected chi connectivity index (χ1v) is 10.3. The predicted molar refractivity (Wildman–Crippen MR) is 109 cm³/mol. The summed E-state index contributed by atoms with van der Waals surface area (Å²) in [5.41, 5.74) is 2.56. The van der Waals surface area contributed by atoms with Crippen LogP contribution in [0.3, 0.4) is 0 Å². The minimum absolute atomic E-state index is 0.00207. The molecule has 0 bridgehead atoms. The lowest BCUT2D eigenvalue weighted by Crippen LogP contribution is -2.49. The maximum atomic E-state index is 12.7. The van der Waals surface area contributed by atoms with E-state index in [1.54, 1.807) is 0 Å². The summed E-state index contributed by atoms with van der Waals surface area (Å²) >= 11 is 0. The molecule has 2 fully saturated rings. The zero-order chi connectivity index (χ0) is 21.0. The minimum atomic E-state index is -0.880. The van der Waals surface area contributed by atoms with E-state index in [4.69, 9.17) is 5.11 Å². The normalized spacial score (nSPS) is 21.9. The first-order valence-electron chi connectivity index (χ1n) is 10.3. The van der Waals surface area contributed by atoms with Gasteiger partial charge in [-0.3, -0.25) is 19.4 Å². The lowest BCUT2D eigenvalue weighted by molar-refractivity contribution is -0.137. The summed E-state index contributed by atoms with van der Waals surface area (Å²) in [5.74, 6) is -0.864. The highest BCUT2D eigenvalue weighted by Gasteiger charge is 2.38. The number of carboxylic acid groups (broad SMARTS) is 1. The number of nitrogens with one attached hydrogen (secondary N) is 1. The van der Waals surface area contributed by atoms with E-state index in [9.17, 15) is 14.4 Å². The minimum Gasteiger partial charge on any atom is -0.481 e. The van der Waals surface area contributed by atoms with Gasteiger partial charge in [-0.2, -0.15) is 0 Å². The molecule has 0 unspecified atom stereocenters. The van der Waals surface area contributed by atoms with Crippen molar-refractivity contribution in [3.8, 4) is 0 Å². The van der Waals surface area contributed by atoms with E-state index in [1.165, 1.54) is 0 Å². The van der Waals surface area contributed by atoms with Crippen molar-refractivity contribution in [2.75, 3.05) is 31.1 Å². The van der Waals surface area contributed by atoms with Crippen LogP contribution >= 0.6 is 0 Å². The summed E-state index contributed by atoms with van der Waals surface area (Å²) in [7, 11) is 0. The number of amides is 2. The van der Waals surface area contributed by atoms with Crippen LogP contribution in [0.4, 0.5) is 5.69 Å². The van der Waals surface area contributed by atoms with E-state index in [0.717, 1.165) is 30.2 Å². The molecule has 2 aliphatic rings. The van der Waals surface area contributed by atoms with Crippen molar-refractivity contribution in [1.82, 2.24) is 15.2 Å². The standard InChI is InChI=1S/C21H30N4O4/c1-15-13-17(14-16(2)22-15)24-9-11-25(12-10-24)19(27)4-7-21(8-5-20(28)29)6-3-18(26)23-21/h13-14H,3-12H2,1-2H3,(H,23,26)(H,28,29)/t21-/m1/s1. The number of aryl methyl sites for hydroxylation is 2. The van der Waals surface area contributed by atoms with E-state index in [1.807, 2.05) is 18.7 Å². The third-order valence-corrected chi connectivity index (χ3v) is 5.93. The number of carbonyl (C=O) groups is 3. The second-order valence-electron chi connectivity index (χ2n) is 8.20. The molecule has 0 spiro atoms. The fourth-order valence-electron chi connectivity index (χ4n) is 4.33.